The molecule has 0 saturated heterocycles. The van der Waals surface area contributed by atoms with Crippen molar-refractivity contribution in [3.05, 3.63) is 0 Å². The van der Waals surface area contributed by atoms with E-state index in [4.69, 9.17) is 0 Å². The van der Waals surface area contributed by atoms with E-state index < -0.39 is 0 Å². The van der Waals surface area contributed by atoms with Crippen LogP contribution in [0.2, 0.25) is 0 Å². The number of urea groups is 1. The van der Waals surface area contributed by atoms with Crippen molar-refractivity contribution in [3.63, 3.8) is 0 Å². The summed E-state index contributed by atoms with van der Waals surface area (Å²) in [7, 11) is 0. The van der Waals surface area contributed by atoms with Gasteiger partial charge >= 0.3 is 6.03 Å². The number of hydrogen-bond acceptors (Lipinski definition) is 2. The van der Waals surface area contributed by atoms with Crippen LogP contribution in [-0.2, 0) is 0 Å². The molecule has 4 heteroatoms. The highest BCUT2D eigenvalue weighted by Gasteiger charge is 2.11. The molecule has 0 saturated carbocycles. The highest BCUT2D eigenvalue weighted by molar-refractivity contribution is 7.99. The lowest BCUT2D eigenvalue weighted by atomic mass is 10.4. The molecule has 2 amide bonds. The normalized spacial score (nSPS) is 12.3. The number of hydrogen-bond donors (Lipinski definition) is 1. The fourth-order valence-corrected chi connectivity index (χ4v) is 1.82. The zero-order valence-corrected chi connectivity index (χ0v) is 10.5. The minimum Gasteiger partial charge on any atom is -0.335 e. The van der Waals surface area contributed by atoms with E-state index >= 15 is 0 Å². The third-order valence-corrected chi connectivity index (χ3v) is 3.14. The SMILES string of the molecule is CCSCC(C)NC(=O)N(CC)CC. The van der Waals surface area contributed by atoms with Crippen molar-refractivity contribution in [1.82, 2.24) is 10.2 Å². The number of nitrogens with one attached hydrogen (secondary N) is 1. The zero-order valence-electron chi connectivity index (χ0n) is 9.67. The second-order valence-corrected chi connectivity index (χ2v) is 4.50. The molecule has 0 aromatic rings. The highest BCUT2D eigenvalue weighted by atomic mass is 32.2. The summed E-state index contributed by atoms with van der Waals surface area (Å²) in [6.07, 6.45) is 0. The van der Waals surface area contributed by atoms with Crippen LogP contribution in [0, 0.1) is 0 Å². The van der Waals surface area contributed by atoms with E-state index in [1.165, 1.54) is 0 Å². The Bertz CT molecular complexity index is 160. The van der Waals surface area contributed by atoms with E-state index in [0.29, 0.717) is 0 Å². The average Bonchev–Trinajstić information content (AvgIpc) is 2.16. The van der Waals surface area contributed by atoms with Crippen molar-refractivity contribution in [2.24, 2.45) is 0 Å². The maximum atomic E-state index is 11.6. The van der Waals surface area contributed by atoms with Gasteiger partial charge in [-0.1, -0.05) is 6.92 Å². The van der Waals surface area contributed by atoms with Gasteiger partial charge in [-0.05, 0) is 26.5 Å². The monoisotopic (exact) mass is 218 g/mol. The van der Waals surface area contributed by atoms with Crippen LogP contribution in [-0.4, -0.2) is 41.6 Å². The lowest BCUT2D eigenvalue weighted by Crippen LogP contribution is -2.44. The van der Waals surface area contributed by atoms with E-state index in [0.717, 1.165) is 24.6 Å². The Kier molecular flexibility index (Phi) is 7.76. The Morgan fingerprint density at radius 2 is 1.93 bits per heavy atom. The second-order valence-electron chi connectivity index (χ2n) is 3.18. The molecule has 0 fully saturated rings. The van der Waals surface area contributed by atoms with Crippen molar-refractivity contribution >= 4 is 17.8 Å². The Balaban J connectivity index is 3.79. The number of nitrogens with zero attached hydrogens (tertiary/aromatic N) is 1. The van der Waals surface area contributed by atoms with Crippen molar-refractivity contribution in [1.29, 1.82) is 0 Å². The summed E-state index contributed by atoms with van der Waals surface area (Å²) in [5.41, 5.74) is 0. The quantitative estimate of drug-likeness (QED) is 0.741. The van der Waals surface area contributed by atoms with Gasteiger partial charge in [0.2, 0.25) is 0 Å². The second kappa shape index (κ2) is 7.97. The summed E-state index contributed by atoms with van der Waals surface area (Å²) >= 11 is 1.85. The first kappa shape index (κ1) is 13.6. The minimum absolute atomic E-state index is 0.0548. The Morgan fingerprint density at radius 3 is 2.36 bits per heavy atom. The van der Waals surface area contributed by atoms with Gasteiger partial charge in [-0.2, -0.15) is 11.8 Å². The molecule has 0 aliphatic carbocycles. The fraction of sp³-hybridized carbons (Fsp3) is 0.900. The van der Waals surface area contributed by atoms with Crippen LogP contribution < -0.4 is 5.32 Å². The van der Waals surface area contributed by atoms with Crippen LogP contribution >= 0.6 is 11.8 Å². The first-order valence-electron chi connectivity index (χ1n) is 5.28. The minimum atomic E-state index is 0.0548. The first-order valence-corrected chi connectivity index (χ1v) is 6.44. The number of thioether (sulfide) groups is 1. The van der Waals surface area contributed by atoms with Gasteiger partial charge in [-0.15, -0.1) is 0 Å². The standard InChI is InChI=1S/C10H22N2OS/c1-5-12(6-2)10(13)11-9(4)8-14-7-3/h9H,5-8H2,1-4H3,(H,11,13). The van der Waals surface area contributed by atoms with E-state index in [1.54, 1.807) is 4.90 Å². The molecule has 1 atom stereocenters. The first-order chi connectivity index (χ1) is 6.65. The molecular formula is C10H22N2OS. The summed E-state index contributed by atoms with van der Waals surface area (Å²) in [6.45, 7) is 9.71. The van der Waals surface area contributed by atoms with Crippen LogP contribution in [0.3, 0.4) is 0 Å². The zero-order chi connectivity index (χ0) is 11.0. The molecule has 0 rings (SSSR count). The lowest BCUT2D eigenvalue weighted by molar-refractivity contribution is 0.201. The van der Waals surface area contributed by atoms with Gasteiger partial charge in [0.25, 0.3) is 0 Å². The van der Waals surface area contributed by atoms with Crippen LogP contribution in [0.4, 0.5) is 4.79 Å². The molecule has 0 aromatic heterocycles. The van der Waals surface area contributed by atoms with E-state index in [-0.39, 0.29) is 12.1 Å². The van der Waals surface area contributed by atoms with Gasteiger partial charge < -0.3 is 10.2 Å². The summed E-state index contributed by atoms with van der Waals surface area (Å²) < 4.78 is 0. The van der Waals surface area contributed by atoms with Gasteiger partial charge in [-0.3, -0.25) is 0 Å². The van der Waals surface area contributed by atoms with Gasteiger partial charge in [0.05, 0.1) is 0 Å². The highest BCUT2D eigenvalue weighted by Crippen LogP contribution is 2.01. The van der Waals surface area contributed by atoms with Crippen LogP contribution in [0.1, 0.15) is 27.7 Å². The molecule has 0 aliphatic rings. The van der Waals surface area contributed by atoms with Crippen molar-refractivity contribution in [3.8, 4) is 0 Å². The third kappa shape index (κ3) is 5.37. The average molecular weight is 218 g/mol. The van der Waals surface area contributed by atoms with Crippen molar-refractivity contribution in [2.75, 3.05) is 24.6 Å². The van der Waals surface area contributed by atoms with E-state index in [1.807, 2.05) is 32.5 Å². The Hall–Kier alpha value is -0.380. The van der Waals surface area contributed by atoms with Gasteiger partial charge in [0.1, 0.15) is 0 Å². The molecule has 0 spiro atoms. The lowest BCUT2D eigenvalue weighted by Gasteiger charge is -2.22. The van der Waals surface area contributed by atoms with E-state index in [9.17, 15) is 4.79 Å². The molecule has 0 aliphatic heterocycles. The molecular weight excluding hydrogens is 196 g/mol. The molecule has 0 radical (unpaired) electrons. The predicted octanol–water partition coefficient (Wildman–Crippen LogP) is 2.18. The van der Waals surface area contributed by atoms with Gasteiger partial charge in [0.15, 0.2) is 0 Å². The van der Waals surface area contributed by atoms with Crippen molar-refractivity contribution < 1.29 is 4.79 Å². The van der Waals surface area contributed by atoms with Gasteiger partial charge in [-0.25, -0.2) is 4.79 Å². The third-order valence-electron chi connectivity index (χ3n) is 1.99. The smallest absolute Gasteiger partial charge is 0.317 e. The number of carbonyl (C=O) groups is 1. The number of amides is 2. The van der Waals surface area contributed by atoms with Crippen molar-refractivity contribution in [2.45, 2.75) is 33.7 Å². The van der Waals surface area contributed by atoms with Crippen LogP contribution in [0.25, 0.3) is 0 Å². The fourth-order valence-electron chi connectivity index (χ4n) is 1.15. The predicted molar refractivity (Wildman–Crippen MR) is 63.9 cm³/mol. The maximum Gasteiger partial charge on any atom is 0.317 e. The summed E-state index contributed by atoms with van der Waals surface area (Å²) in [5, 5.41) is 2.98. The molecule has 1 unspecified atom stereocenters. The number of carbonyl (C=O) groups excluding carboxylic acids is 1. The van der Waals surface area contributed by atoms with Crippen LogP contribution in [0.5, 0.6) is 0 Å². The Morgan fingerprint density at radius 1 is 1.36 bits per heavy atom. The summed E-state index contributed by atoms with van der Waals surface area (Å²) in [4.78, 5) is 13.4. The maximum absolute atomic E-state index is 11.6. The molecule has 0 heterocycles. The molecule has 3 nitrogen and oxygen atoms in total. The summed E-state index contributed by atoms with van der Waals surface area (Å²) in [6, 6.07) is 0.312. The summed E-state index contributed by atoms with van der Waals surface area (Å²) in [5.74, 6) is 2.09. The molecule has 0 bridgehead atoms. The molecule has 84 valence electrons. The van der Waals surface area contributed by atoms with Crippen LogP contribution in [0.15, 0.2) is 0 Å². The molecule has 1 N–H and O–H groups in total. The molecule has 14 heavy (non-hydrogen) atoms. The number of rotatable bonds is 6. The van der Waals surface area contributed by atoms with E-state index in [2.05, 4.69) is 12.2 Å². The molecule has 0 aromatic carbocycles. The topological polar surface area (TPSA) is 32.3 Å². The largest absolute Gasteiger partial charge is 0.335 e. The van der Waals surface area contributed by atoms with Gasteiger partial charge in [0, 0.05) is 24.9 Å². The Labute approximate surface area is 91.6 Å².